The number of carbonyl (C=O) groups excluding carboxylic acids is 1. The highest BCUT2D eigenvalue weighted by Gasteiger charge is 2.20. The lowest BCUT2D eigenvalue weighted by Gasteiger charge is -2.08. The summed E-state index contributed by atoms with van der Waals surface area (Å²) in [6, 6.07) is 14.9. The summed E-state index contributed by atoms with van der Waals surface area (Å²) < 4.78 is 17.0. The lowest BCUT2D eigenvalue weighted by molar-refractivity contribution is -0.113. The van der Waals surface area contributed by atoms with Gasteiger partial charge in [-0.25, -0.2) is 4.39 Å². The van der Waals surface area contributed by atoms with Crippen molar-refractivity contribution in [2.45, 2.75) is 18.6 Å². The molecule has 0 radical (unpaired) electrons. The van der Waals surface area contributed by atoms with Gasteiger partial charge in [0.1, 0.15) is 11.5 Å². The zero-order chi connectivity index (χ0) is 23.4. The maximum Gasteiger partial charge on any atom is 0.234 e. The van der Waals surface area contributed by atoms with E-state index in [2.05, 4.69) is 20.6 Å². The molecule has 2 aromatic carbocycles. The van der Waals surface area contributed by atoms with Crippen LogP contribution >= 0.6 is 11.8 Å². The molecule has 4 rings (SSSR count). The van der Waals surface area contributed by atoms with Crippen molar-refractivity contribution in [3.63, 3.8) is 0 Å². The van der Waals surface area contributed by atoms with E-state index < -0.39 is 0 Å². The fourth-order valence-electron chi connectivity index (χ4n) is 3.35. The van der Waals surface area contributed by atoms with Gasteiger partial charge in [0.2, 0.25) is 5.91 Å². The first-order valence-electron chi connectivity index (χ1n) is 10.1. The Kier molecular flexibility index (Phi) is 6.51. The number of benzene rings is 2. The molecule has 2 heterocycles. The molecule has 10 heteroatoms. The topological polar surface area (TPSA) is 101 Å². The first-order chi connectivity index (χ1) is 16.0. The van der Waals surface area contributed by atoms with Gasteiger partial charge in [0, 0.05) is 31.0 Å². The standard InChI is InChI=1S/C23H20FN7OS/c1-3-31-22(19-13-30(2)29-21(19)16-7-9-17(24)10-8-16)27-28-23(31)33-14-20(32)26-18-6-4-5-15(11-18)12-25/h4-11,13H,3,14H2,1-2H3,(H,26,32). The smallest absolute Gasteiger partial charge is 0.234 e. The molecule has 8 nitrogen and oxygen atoms in total. The molecule has 33 heavy (non-hydrogen) atoms. The van der Waals surface area contributed by atoms with Crippen molar-refractivity contribution >= 4 is 23.4 Å². The van der Waals surface area contributed by atoms with E-state index >= 15 is 0 Å². The predicted octanol–water partition coefficient (Wildman–Crippen LogP) is 4.11. The molecule has 0 aliphatic rings. The number of amides is 1. The van der Waals surface area contributed by atoms with Gasteiger partial charge in [0.25, 0.3) is 0 Å². The van der Waals surface area contributed by atoms with Gasteiger partial charge in [0.05, 0.1) is 22.9 Å². The summed E-state index contributed by atoms with van der Waals surface area (Å²) in [7, 11) is 1.81. The first-order valence-corrected chi connectivity index (χ1v) is 11.1. The van der Waals surface area contributed by atoms with E-state index in [9.17, 15) is 9.18 Å². The highest BCUT2D eigenvalue weighted by atomic mass is 32.2. The molecule has 1 amide bonds. The van der Waals surface area contributed by atoms with Crippen LogP contribution in [0.25, 0.3) is 22.6 Å². The summed E-state index contributed by atoms with van der Waals surface area (Å²) >= 11 is 1.27. The van der Waals surface area contributed by atoms with Crippen LogP contribution in [0, 0.1) is 17.1 Å². The van der Waals surface area contributed by atoms with Gasteiger partial charge in [-0.1, -0.05) is 17.8 Å². The Labute approximate surface area is 194 Å². The number of hydrogen-bond donors (Lipinski definition) is 1. The lowest BCUT2D eigenvalue weighted by Crippen LogP contribution is -2.14. The molecule has 4 aromatic rings. The van der Waals surface area contributed by atoms with Crippen molar-refractivity contribution in [1.29, 1.82) is 5.26 Å². The number of nitrogens with zero attached hydrogens (tertiary/aromatic N) is 6. The molecule has 0 aliphatic carbocycles. The van der Waals surface area contributed by atoms with Gasteiger partial charge in [0.15, 0.2) is 11.0 Å². The fraction of sp³-hybridized carbons (Fsp3) is 0.174. The second-order valence-electron chi connectivity index (χ2n) is 7.15. The van der Waals surface area contributed by atoms with Gasteiger partial charge in [-0.15, -0.1) is 10.2 Å². The van der Waals surface area contributed by atoms with Crippen molar-refractivity contribution in [1.82, 2.24) is 24.5 Å². The van der Waals surface area contributed by atoms with E-state index in [4.69, 9.17) is 5.26 Å². The second-order valence-corrected chi connectivity index (χ2v) is 8.09. The summed E-state index contributed by atoms with van der Waals surface area (Å²) in [5.74, 6) is 0.224. The van der Waals surface area contributed by atoms with E-state index in [1.54, 1.807) is 41.1 Å². The molecule has 0 atom stereocenters. The zero-order valence-corrected chi connectivity index (χ0v) is 18.8. The SMILES string of the molecule is CCn1c(SCC(=O)Nc2cccc(C#N)c2)nnc1-c1cn(C)nc1-c1ccc(F)cc1. The molecule has 0 saturated heterocycles. The van der Waals surface area contributed by atoms with Crippen LogP contribution in [0.4, 0.5) is 10.1 Å². The van der Waals surface area contributed by atoms with Crippen LogP contribution in [0.15, 0.2) is 59.9 Å². The molecule has 0 saturated carbocycles. The Morgan fingerprint density at radius 2 is 2.00 bits per heavy atom. The van der Waals surface area contributed by atoms with Crippen molar-refractivity contribution in [3.8, 4) is 28.7 Å². The van der Waals surface area contributed by atoms with E-state index in [0.717, 1.165) is 11.1 Å². The number of rotatable bonds is 7. The minimum atomic E-state index is -0.315. The monoisotopic (exact) mass is 461 g/mol. The van der Waals surface area contributed by atoms with Crippen LogP contribution in [-0.4, -0.2) is 36.2 Å². The van der Waals surface area contributed by atoms with Gasteiger partial charge in [-0.05, 0) is 49.4 Å². The lowest BCUT2D eigenvalue weighted by atomic mass is 10.1. The van der Waals surface area contributed by atoms with Crippen molar-refractivity contribution < 1.29 is 9.18 Å². The van der Waals surface area contributed by atoms with Gasteiger partial charge >= 0.3 is 0 Å². The quantitative estimate of drug-likeness (QED) is 0.416. The Morgan fingerprint density at radius 1 is 1.21 bits per heavy atom. The highest BCUT2D eigenvalue weighted by molar-refractivity contribution is 7.99. The Balaban J connectivity index is 1.54. The summed E-state index contributed by atoms with van der Waals surface area (Å²) in [6.07, 6.45) is 1.85. The zero-order valence-electron chi connectivity index (χ0n) is 18.0. The minimum absolute atomic E-state index is 0.132. The van der Waals surface area contributed by atoms with E-state index in [-0.39, 0.29) is 17.5 Å². The normalized spacial score (nSPS) is 10.7. The third-order valence-corrected chi connectivity index (χ3v) is 5.79. The Morgan fingerprint density at radius 3 is 2.73 bits per heavy atom. The van der Waals surface area contributed by atoms with Crippen LogP contribution < -0.4 is 5.32 Å². The maximum absolute atomic E-state index is 13.4. The minimum Gasteiger partial charge on any atom is -0.325 e. The first kappa shape index (κ1) is 22.2. The molecule has 0 spiro atoms. The van der Waals surface area contributed by atoms with Crippen molar-refractivity contribution in [2.24, 2.45) is 7.05 Å². The summed E-state index contributed by atoms with van der Waals surface area (Å²) in [5.41, 5.74) is 3.25. The molecule has 0 aliphatic heterocycles. The van der Waals surface area contributed by atoms with Crippen LogP contribution in [-0.2, 0) is 18.4 Å². The fourth-order valence-corrected chi connectivity index (χ4v) is 4.15. The molecular weight excluding hydrogens is 441 g/mol. The number of thioether (sulfide) groups is 1. The summed E-state index contributed by atoms with van der Waals surface area (Å²) in [5, 5.41) is 25.6. The number of aromatic nitrogens is 5. The van der Waals surface area contributed by atoms with Crippen LogP contribution in [0.2, 0.25) is 0 Å². The van der Waals surface area contributed by atoms with Crippen molar-refractivity contribution in [2.75, 3.05) is 11.1 Å². The third-order valence-electron chi connectivity index (χ3n) is 4.83. The average molecular weight is 462 g/mol. The molecule has 1 N–H and O–H groups in total. The van der Waals surface area contributed by atoms with Gasteiger partial charge in [-0.3, -0.25) is 9.48 Å². The molecule has 166 valence electrons. The van der Waals surface area contributed by atoms with Crippen molar-refractivity contribution in [3.05, 3.63) is 66.1 Å². The molecule has 0 unspecified atom stereocenters. The van der Waals surface area contributed by atoms with Gasteiger partial charge in [-0.2, -0.15) is 10.4 Å². The number of anilines is 1. The number of carbonyl (C=O) groups is 1. The highest BCUT2D eigenvalue weighted by Crippen LogP contribution is 2.32. The average Bonchev–Trinajstić information content (AvgIpc) is 3.41. The van der Waals surface area contributed by atoms with E-state index in [0.29, 0.717) is 34.5 Å². The van der Waals surface area contributed by atoms with Crippen LogP contribution in [0.5, 0.6) is 0 Å². The molecule has 0 fully saturated rings. The van der Waals surface area contributed by atoms with E-state index in [1.807, 2.05) is 30.8 Å². The number of nitriles is 1. The van der Waals surface area contributed by atoms with Crippen LogP contribution in [0.1, 0.15) is 12.5 Å². The number of halogens is 1. The summed E-state index contributed by atoms with van der Waals surface area (Å²) in [6.45, 7) is 2.56. The van der Waals surface area contributed by atoms with Gasteiger partial charge < -0.3 is 9.88 Å². The summed E-state index contributed by atoms with van der Waals surface area (Å²) in [4.78, 5) is 12.4. The number of nitrogens with one attached hydrogen (secondary N) is 1. The number of hydrogen-bond acceptors (Lipinski definition) is 6. The maximum atomic E-state index is 13.4. The van der Waals surface area contributed by atoms with Crippen LogP contribution in [0.3, 0.4) is 0 Å². The largest absolute Gasteiger partial charge is 0.325 e. The number of aryl methyl sites for hydroxylation is 1. The molecule has 0 bridgehead atoms. The van der Waals surface area contributed by atoms with E-state index in [1.165, 1.54) is 23.9 Å². The Bertz CT molecular complexity index is 1340. The predicted molar refractivity (Wildman–Crippen MR) is 124 cm³/mol. The second kappa shape index (κ2) is 9.67. The molecular formula is C23H20FN7OS. The third kappa shape index (κ3) is 4.94. The molecule has 2 aromatic heterocycles. The Hall–Kier alpha value is -3.97.